The molecule has 0 spiro atoms. The van der Waals surface area contributed by atoms with E-state index in [4.69, 9.17) is 9.15 Å². The molecule has 0 atom stereocenters. The van der Waals surface area contributed by atoms with Crippen LogP contribution in [-0.4, -0.2) is 56.7 Å². The fraction of sp³-hybridized carbons (Fsp3) is 0.565. The van der Waals surface area contributed by atoms with Gasteiger partial charge in [-0.3, -0.25) is 14.5 Å². The molecule has 1 aromatic carbocycles. The first-order valence-corrected chi connectivity index (χ1v) is 11.1. The van der Waals surface area contributed by atoms with E-state index < -0.39 is 0 Å². The minimum atomic E-state index is -0.338. The molecule has 30 heavy (non-hydrogen) atoms. The van der Waals surface area contributed by atoms with E-state index in [-0.39, 0.29) is 17.1 Å². The zero-order valence-corrected chi connectivity index (χ0v) is 17.5. The van der Waals surface area contributed by atoms with Gasteiger partial charge in [-0.1, -0.05) is 25.3 Å². The van der Waals surface area contributed by atoms with Crippen LogP contribution < -0.4 is 20.8 Å². The van der Waals surface area contributed by atoms with Gasteiger partial charge in [-0.25, -0.2) is 0 Å². The second-order valence-corrected chi connectivity index (χ2v) is 8.26. The van der Waals surface area contributed by atoms with Gasteiger partial charge in [0.05, 0.1) is 5.39 Å². The Hall–Kier alpha value is -2.38. The molecule has 2 aromatic rings. The van der Waals surface area contributed by atoms with Crippen LogP contribution in [0.1, 0.15) is 42.7 Å². The summed E-state index contributed by atoms with van der Waals surface area (Å²) in [7, 11) is 0. The number of para-hydroxylation sites is 1. The van der Waals surface area contributed by atoms with Crippen LogP contribution in [0.5, 0.6) is 5.75 Å². The zero-order valence-electron chi connectivity index (χ0n) is 17.5. The van der Waals surface area contributed by atoms with E-state index in [1.165, 1.54) is 25.3 Å². The molecule has 162 valence electrons. The third-order valence-corrected chi connectivity index (χ3v) is 6.09. The molecule has 1 saturated carbocycles. The number of fused-ring (bicyclic) bond motifs is 1. The number of hydrogen-bond acceptors (Lipinski definition) is 6. The molecule has 2 aliphatic rings. The summed E-state index contributed by atoms with van der Waals surface area (Å²) in [4.78, 5) is 27.5. The van der Waals surface area contributed by atoms with Crippen LogP contribution >= 0.6 is 0 Å². The van der Waals surface area contributed by atoms with E-state index >= 15 is 0 Å². The molecule has 1 amide bonds. The lowest BCUT2D eigenvalue weighted by molar-refractivity contribution is 0.0916. The average Bonchev–Trinajstić information content (AvgIpc) is 2.79. The summed E-state index contributed by atoms with van der Waals surface area (Å²) in [6.45, 7) is 5.91. The van der Waals surface area contributed by atoms with Crippen LogP contribution in [0.25, 0.3) is 11.0 Å². The van der Waals surface area contributed by atoms with E-state index in [0.29, 0.717) is 35.8 Å². The summed E-state index contributed by atoms with van der Waals surface area (Å²) < 4.78 is 11.8. The van der Waals surface area contributed by atoms with Gasteiger partial charge >= 0.3 is 0 Å². The van der Waals surface area contributed by atoms with Crippen LogP contribution in [0, 0.1) is 5.92 Å². The standard InChI is InChI=1S/C23H31N3O4/c27-19-15-21(23(28)25-16-17-5-2-1-3-6-17)30-22-18(19)7-4-8-20(22)29-14-13-26-11-9-24-10-12-26/h4,7-8,15,17,24H,1-3,5-6,9-14,16H2,(H,25,28). The van der Waals surface area contributed by atoms with Gasteiger partial charge in [0.25, 0.3) is 5.91 Å². The van der Waals surface area contributed by atoms with Crippen molar-refractivity contribution in [3.63, 3.8) is 0 Å². The van der Waals surface area contributed by atoms with Crippen LogP contribution in [-0.2, 0) is 0 Å². The third-order valence-electron chi connectivity index (χ3n) is 6.09. The van der Waals surface area contributed by atoms with Crippen molar-refractivity contribution in [2.45, 2.75) is 32.1 Å². The van der Waals surface area contributed by atoms with Crippen molar-refractivity contribution in [3.05, 3.63) is 40.2 Å². The number of amides is 1. The van der Waals surface area contributed by atoms with Gasteiger partial charge in [-0.2, -0.15) is 0 Å². The van der Waals surface area contributed by atoms with Crippen LogP contribution in [0.2, 0.25) is 0 Å². The fourth-order valence-corrected chi connectivity index (χ4v) is 4.31. The fourth-order valence-electron chi connectivity index (χ4n) is 4.31. The maximum Gasteiger partial charge on any atom is 0.287 e. The molecule has 0 unspecified atom stereocenters. The van der Waals surface area contributed by atoms with Gasteiger partial charge in [0.2, 0.25) is 0 Å². The summed E-state index contributed by atoms with van der Waals surface area (Å²) in [5, 5.41) is 6.70. The first kappa shape index (κ1) is 20.9. The molecule has 0 radical (unpaired) electrons. The molecule has 7 heteroatoms. The highest BCUT2D eigenvalue weighted by molar-refractivity contribution is 5.93. The summed E-state index contributed by atoms with van der Waals surface area (Å²) in [5.41, 5.74) is 0.111. The van der Waals surface area contributed by atoms with E-state index in [0.717, 1.165) is 45.6 Å². The van der Waals surface area contributed by atoms with Crippen LogP contribution in [0.4, 0.5) is 0 Å². The van der Waals surface area contributed by atoms with Gasteiger partial charge in [0, 0.05) is 45.3 Å². The summed E-state index contributed by atoms with van der Waals surface area (Å²) in [5.74, 6) is 0.720. The van der Waals surface area contributed by atoms with Crippen molar-refractivity contribution >= 4 is 16.9 Å². The highest BCUT2D eigenvalue weighted by Crippen LogP contribution is 2.25. The Labute approximate surface area is 176 Å². The molecule has 1 aliphatic carbocycles. The molecule has 2 N–H and O–H groups in total. The number of nitrogens with zero attached hydrogens (tertiary/aromatic N) is 1. The van der Waals surface area contributed by atoms with Gasteiger partial charge in [0.15, 0.2) is 22.5 Å². The third kappa shape index (κ3) is 5.21. The largest absolute Gasteiger partial charge is 0.488 e. The molecular weight excluding hydrogens is 382 g/mol. The number of hydrogen-bond donors (Lipinski definition) is 2. The van der Waals surface area contributed by atoms with Crippen molar-refractivity contribution in [1.29, 1.82) is 0 Å². The molecule has 7 nitrogen and oxygen atoms in total. The highest BCUT2D eigenvalue weighted by atomic mass is 16.5. The SMILES string of the molecule is O=C(NCC1CCCCC1)c1cc(=O)c2cccc(OCCN3CCNCC3)c2o1. The van der Waals surface area contributed by atoms with Crippen molar-refractivity contribution in [1.82, 2.24) is 15.5 Å². The molecule has 1 aliphatic heterocycles. The molecule has 1 saturated heterocycles. The Kier molecular flexibility index (Phi) is 7.02. The Balaban J connectivity index is 1.44. The topological polar surface area (TPSA) is 83.8 Å². The molecule has 0 bridgehead atoms. The lowest BCUT2D eigenvalue weighted by Gasteiger charge is -2.26. The lowest BCUT2D eigenvalue weighted by atomic mass is 9.89. The predicted octanol–water partition coefficient (Wildman–Crippen LogP) is 2.39. The highest BCUT2D eigenvalue weighted by Gasteiger charge is 2.18. The first-order valence-electron chi connectivity index (χ1n) is 11.1. The van der Waals surface area contributed by atoms with Crippen molar-refractivity contribution in [3.8, 4) is 5.75 Å². The molecule has 4 rings (SSSR count). The summed E-state index contributed by atoms with van der Waals surface area (Å²) in [6.07, 6.45) is 6.02. The Morgan fingerprint density at radius 1 is 1.20 bits per heavy atom. The number of ether oxygens (including phenoxy) is 1. The van der Waals surface area contributed by atoms with Gasteiger partial charge in [0.1, 0.15) is 6.61 Å². The van der Waals surface area contributed by atoms with Crippen molar-refractivity contribution in [2.24, 2.45) is 5.92 Å². The Morgan fingerprint density at radius 2 is 2.00 bits per heavy atom. The van der Waals surface area contributed by atoms with Gasteiger partial charge in [-0.15, -0.1) is 0 Å². The Morgan fingerprint density at radius 3 is 2.80 bits per heavy atom. The normalized spacial score (nSPS) is 18.4. The van der Waals surface area contributed by atoms with Crippen LogP contribution in [0.15, 0.2) is 33.5 Å². The van der Waals surface area contributed by atoms with Crippen LogP contribution in [0.3, 0.4) is 0 Å². The van der Waals surface area contributed by atoms with E-state index in [1.807, 2.05) is 0 Å². The minimum absolute atomic E-state index is 0.0430. The smallest absolute Gasteiger partial charge is 0.287 e. The number of carbonyl (C=O) groups is 1. The van der Waals surface area contributed by atoms with Gasteiger partial charge in [-0.05, 0) is 30.9 Å². The second kappa shape index (κ2) is 10.1. The minimum Gasteiger partial charge on any atom is -0.488 e. The molecule has 1 aromatic heterocycles. The van der Waals surface area contributed by atoms with E-state index in [9.17, 15) is 9.59 Å². The van der Waals surface area contributed by atoms with Crippen molar-refractivity contribution < 1.29 is 13.9 Å². The number of piperazine rings is 1. The monoisotopic (exact) mass is 413 g/mol. The lowest BCUT2D eigenvalue weighted by Crippen LogP contribution is -2.44. The first-order chi connectivity index (χ1) is 14.7. The summed E-state index contributed by atoms with van der Waals surface area (Å²) >= 11 is 0. The molecule has 2 heterocycles. The quantitative estimate of drug-likeness (QED) is 0.725. The summed E-state index contributed by atoms with van der Waals surface area (Å²) in [6, 6.07) is 6.55. The van der Waals surface area contributed by atoms with E-state index in [2.05, 4.69) is 15.5 Å². The van der Waals surface area contributed by atoms with Gasteiger partial charge < -0.3 is 19.8 Å². The Bertz CT molecular complexity index is 914. The van der Waals surface area contributed by atoms with E-state index in [1.54, 1.807) is 18.2 Å². The zero-order chi connectivity index (χ0) is 20.8. The van der Waals surface area contributed by atoms with Crippen molar-refractivity contribution in [2.75, 3.05) is 45.9 Å². The number of nitrogens with one attached hydrogen (secondary N) is 2. The molecule has 2 fully saturated rings. The molecular formula is C23H31N3O4. The maximum absolute atomic E-state index is 12.6. The predicted molar refractivity (Wildman–Crippen MR) is 116 cm³/mol. The number of rotatable bonds is 7. The second-order valence-electron chi connectivity index (χ2n) is 8.26. The number of carbonyl (C=O) groups excluding carboxylic acids is 1. The average molecular weight is 414 g/mol. The number of benzene rings is 1. The maximum atomic E-state index is 12.6.